The van der Waals surface area contributed by atoms with Gasteiger partial charge >= 0.3 is 0 Å². The number of nitrogens with one attached hydrogen (secondary N) is 1. The van der Waals surface area contributed by atoms with Gasteiger partial charge in [0.1, 0.15) is 11.1 Å². The summed E-state index contributed by atoms with van der Waals surface area (Å²) >= 11 is 1.68. The Morgan fingerprint density at radius 3 is 2.70 bits per heavy atom. The SMILES string of the molecule is COc1ccccc1[C@H]1SCC(=O)N1CC[NH+]1CCN(C(=O)C2CC2)CC1. The number of carbonyl (C=O) groups is 2. The highest BCUT2D eigenvalue weighted by molar-refractivity contribution is 8.00. The van der Waals surface area contributed by atoms with Crippen LogP contribution in [0, 0.1) is 5.92 Å². The molecule has 0 unspecified atom stereocenters. The Labute approximate surface area is 164 Å². The van der Waals surface area contributed by atoms with E-state index in [9.17, 15) is 9.59 Å². The van der Waals surface area contributed by atoms with Crippen LogP contribution in [-0.2, 0) is 9.59 Å². The summed E-state index contributed by atoms with van der Waals surface area (Å²) in [6.07, 6.45) is 2.15. The molecular weight excluding hydrogens is 362 g/mol. The molecule has 6 nitrogen and oxygen atoms in total. The number of amides is 2. The van der Waals surface area contributed by atoms with E-state index in [0.29, 0.717) is 17.6 Å². The third-order valence-electron chi connectivity index (χ3n) is 5.79. The molecule has 0 bridgehead atoms. The minimum Gasteiger partial charge on any atom is -0.496 e. The van der Waals surface area contributed by atoms with Crippen molar-refractivity contribution in [1.82, 2.24) is 9.80 Å². The molecule has 4 rings (SSSR count). The van der Waals surface area contributed by atoms with Crippen molar-refractivity contribution in [1.29, 1.82) is 0 Å². The van der Waals surface area contributed by atoms with E-state index in [0.717, 1.165) is 63.4 Å². The first-order valence-corrected chi connectivity index (χ1v) is 10.9. The number of rotatable bonds is 6. The molecule has 1 aromatic rings. The zero-order chi connectivity index (χ0) is 18.8. The molecule has 0 radical (unpaired) electrons. The lowest BCUT2D eigenvalue weighted by molar-refractivity contribution is -0.903. The van der Waals surface area contributed by atoms with E-state index in [1.807, 2.05) is 28.0 Å². The van der Waals surface area contributed by atoms with E-state index < -0.39 is 0 Å². The maximum atomic E-state index is 12.5. The fourth-order valence-electron chi connectivity index (χ4n) is 3.98. The molecule has 146 valence electrons. The summed E-state index contributed by atoms with van der Waals surface area (Å²) in [6, 6.07) is 7.97. The van der Waals surface area contributed by atoms with E-state index in [-0.39, 0.29) is 11.3 Å². The molecule has 0 spiro atoms. The third kappa shape index (κ3) is 4.09. The molecule has 27 heavy (non-hydrogen) atoms. The zero-order valence-corrected chi connectivity index (χ0v) is 16.7. The maximum Gasteiger partial charge on any atom is 0.234 e. The second-order valence-corrected chi connectivity index (χ2v) is 8.66. The van der Waals surface area contributed by atoms with E-state index in [1.54, 1.807) is 18.9 Å². The number of hydrogen-bond acceptors (Lipinski definition) is 4. The molecule has 3 fully saturated rings. The predicted octanol–water partition coefficient (Wildman–Crippen LogP) is 0.406. The second kappa shape index (κ2) is 8.10. The highest BCUT2D eigenvalue weighted by Gasteiger charge is 2.37. The first-order chi connectivity index (χ1) is 13.2. The highest BCUT2D eigenvalue weighted by atomic mass is 32.2. The monoisotopic (exact) mass is 390 g/mol. The Bertz CT molecular complexity index is 701. The summed E-state index contributed by atoms with van der Waals surface area (Å²) in [7, 11) is 1.68. The van der Waals surface area contributed by atoms with Gasteiger partial charge in [0.2, 0.25) is 11.8 Å². The van der Waals surface area contributed by atoms with Crippen LogP contribution in [0.1, 0.15) is 23.8 Å². The van der Waals surface area contributed by atoms with Crippen molar-refractivity contribution in [2.75, 3.05) is 52.1 Å². The number of nitrogens with zero attached hydrogens (tertiary/aromatic N) is 2. The summed E-state index contributed by atoms with van der Waals surface area (Å²) in [5.74, 6) is 2.25. The first kappa shape index (κ1) is 18.6. The fraction of sp³-hybridized carbons (Fsp3) is 0.600. The van der Waals surface area contributed by atoms with Gasteiger partial charge in [0.25, 0.3) is 0 Å². The molecule has 2 saturated heterocycles. The van der Waals surface area contributed by atoms with Gasteiger partial charge in [-0.2, -0.15) is 0 Å². The Morgan fingerprint density at radius 1 is 1.26 bits per heavy atom. The smallest absolute Gasteiger partial charge is 0.234 e. The molecule has 2 amide bonds. The van der Waals surface area contributed by atoms with Gasteiger partial charge in [-0.15, -0.1) is 11.8 Å². The van der Waals surface area contributed by atoms with Gasteiger partial charge in [-0.25, -0.2) is 0 Å². The van der Waals surface area contributed by atoms with Crippen LogP contribution in [0.2, 0.25) is 0 Å². The van der Waals surface area contributed by atoms with Crippen LogP contribution < -0.4 is 9.64 Å². The summed E-state index contributed by atoms with van der Waals surface area (Å²) < 4.78 is 5.50. The molecule has 1 N–H and O–H groups in total. The first-order valence-electron chi connectivity index (χ1n) is 9.83. The van der Waals surface area contributed by atoms with E-state index >= 15 is 0 Å². The van der Waals surface area contributed by atoms with Gasteiger partial charge in [0, 0.05) is 11.5 Å². The molecular formula is C20H28N3O3S+. The number of thioether (sulfide) groups is 1. The van der Waals surface area contributed by atoms with Crippen LogP contribution in [-0.4, -0.2) is 73.7 Å². The van der Waals surface area contributed by atoms with Crippen molar-refractivity contribution in [3.8, 4) is 5.75 Å². The standard InChI is InChI=1S/C20H27N3O3S/c1-26-17-5-3-2-4-16(17)20-23(18(24)14-27-20)13-10-21-8-11-22(12-9-21)19(25)15-6-7-15/h2-5,15,20H,6-14H2,1H3/p+1/t20-/m1/s1. The van der Waals surface area contributed by atoms with Gasteiger partial charge in [-0.1, -0.05) is 18.2 Å². The number of hydrogen-bond donors (Lipinski definition) is 1. The maximum absolute atomic E-state index is 12.5. The lowest BCUT2D eigenvalue weighted by Crippen LogP contribution is -3.15. The van der Waals surface area contributed by atoms with E-state index in [2.05, 4.69) is 6.07 Å². The van der Waals surface area contributed by atoms with Gasteiger partial charge < -0.3 is 19.4 Å². The molecule has 3 aliphatic rings. The lowest BCUT2D eigenvalue weighted by Gasteiger charge is -2.34. The van der Waals surface area contributed by atoms with Crippen molar-refractivity contribution >= 4 is 23.6 Å². The van der Waals surface area contributed by atoms with Crippen molar-refractivity contribution in [2.45, 2.75) is 18.2 Å². The molecule has 1 aromatic carbocycles. The number of ether oxygens (including phenoxy) is 1. The Kier molecular flexibility index (Phi) is 5.59. The zero-order valence-electron chi connectivity index (χ0n) is 15.9. The van der Waals surface area contributed by atoms with Crippen molar-refractivity contribution < 1.29 is 19.2 Å². The Hall–Kier alpha value is -1.73. The normalized spacial score (nSPS) is 23.7. The predicted molar refractivity (Wildman–Crippen MR) is 105 cm³/mol. The number of piperazine rings is 1. The van der Waals surface area contributed by atoms with Gasteiger partial charge in [-0.05, 0) is 18.9 Å². The van der Waals surface area contributed by atoms with Crippen LogP contribution in [0.5, 0.6) is 5.75 Å². The van der Waals surface area contributed by atoms with Gasteiger partial charge in [-0.3, -0.25) is 9.59 Å². The molecule has 7 heteroatoms. The van der Waals surface area contributed by atoms with Gasteiger partial charge in [0.05, 0.1) is 52.1 Å². The molecule has 1 atom stereocenters. The number of methoxy groups -OCH3 is 1. The Morgan fingerprint density at radius 2 is 2.00 bits per heavy atom. The highest BCUT2D eigenvalue weighted by Crippen LogP contribution is 2.41. The average molecular weight is 391 g/mol. The third-order valence-corrected chi connectivity index (χ3v) is 7.03. The number of carbonyl (C=O) groups excluding carboxylic acids is 2. The molecule has 2 aliphatic heterocycles. The number of para-hydroxylation sites is 1. The van der Waals surface area contributed by atoms with Crippen LogP contribution in [0.15, 0.2) is 24.3 Å². The van der Waals surface area contributed by atoms with Crippen molar-refractivity contribution in [3.63, 3.8) is 0 Å². The van der Waals surface area contributed by atoms with Crippen LogP contribution in [0.4, 0.5) is 0 Å². The van der Waals surface area contributed by atoms with Crippen molar-refractivity contribution in [3.05, 3.63) is 29.8 Å². The summed E-state index contributed by atoms with van der Waals surface area (Å²) in [6.45, 7) is 5.34. The minimum atomic E-state index is 0.0331. The fourth-order valence-corrected chi connectivity index (χ4v) is 5.23. The second-order valence-electron chi connectivity index (χ2n) is 7.59. The quantitative estimate of drug-likeness (QED) is 0.764. The van der Waals surface area contributed by atoms with Crippen LogP contribution >= 0.6 is 11.8 Å². The summed E-state index contributed by atoms with van der Waals surface area (Å²) in [4.78, 5) is 30.2. The average Bonchev–Trinajstić information content (AvgIpc) is 3.49. The summed E-state index contributed by atoms with van der Waals surface area (Å²) in [5, 5.41) is 0.0331. The molecule has 1 saturated carbocycles. The summed E-state index contributed by atoms with van der Waals surface area (Å²) in [5.41, 5.74) is 1.07. The number of quaternary nitrogens is 1. The molecule has 1 aliphatic carbocycles. The largest absolute Gasteiger partial charge is 0.496 e. The van der Waals surface area contributed by atoms with E-state index in [1.165, 1.54) is 4.90 Å². The topological polar surface area (TPSA) is 54.3 Å². The van der Waals surface area contributed by atoms with Crippen LogP contribution in [0.25, 0.3) is 0 Å². The van der Waals surface area contributed by atoms with Crippen molar-refractivity contribution in [2.24, 2.45) is 5.92 Å². The minimum absolute atomic E-state index is 0.0331. The number of benzene rings is 1. The van der Waals surface area contributed by atoms with Gasteiger partial charge in [0.15, 0.2) is 0 Å². The Balaban J connectivity index is 1.33. The molecule has 0 aromatic heterocycles. The lowest BCUT2D eigenvalue weighted by atomic mass is 10.2. The molecule has 2 heterocycles. The van der Waals surface area contributed by atoms with Crippen LogP contribution in [0.3, 0.4) is 0 Å². The van der Waals surface area contributed by atoms with E-state index in [4.69, 9.17) is 4.74 Å².